The Morgan fingerprint density at radius 3 is 2.84 bits per heavy atom. The van der Waals surface area contributed by atoms with E-state index in [-0.39, 0.29) is 11.8 Å². The number of carboxylic acid groups (broad SMARTS) is 1. The minimum Gasteiger partial charge on any atom is -0.475 e. The lowest BCUT2D eigenvalue weighted by atomic mass is 10.2. The third-order valence-corrected chi connectivity index (χ3v) is 3.07. The highest BCUT2D eigenvalue weighted by Crippen LogP contribution is 2.22. The summed E-state index contributed by atoms with van der Waals surface area (Å²) in [6, 6.07) is 7.07. The van der Waals surface area contributed by atoms with Crippen LogP contribution >= 0.6 is 0 Å². The number of furan rings is 1. The highest BCUT2D eigenvalue weighted by Gasteiger charge is 2.17. The summed E-state index contributed by atoms with van der Waals surface area (Å²) in [5.41, 5.74) is 1.10. The van der Waals surface area contributed by atoms with Gasteiger partial charge >= 0.3 is 5.97 Å². The molecule has 0 aliphatic carbocycles. The summed E-state index contributed by atoms with van der Waals surface area (Å²) >= 11 is 0. The molecule has 0 bridgehead atoms. The van der Waals surface area contributed by atoms with Crippen LogP contribution in [0.4, 0.5) is 0 Å². The lowest BCUT2D eigenvalue weighted by molar-refractivity contribution is 0.0656. The summed E-state index contributed by atoms with van der Waals surface area (Å²) in [4.78, 5) is 16.9. The van der Waals surface area contributed by atoms with E-state index < -0.39 is 5.97 Å². The van der Waals surface area contributed by atoms with E-state index in [0.717, 1.165) is 12.1 Å². The number of rotatable bonds is 5. The molecule has 0 aliphatic heterocycles. The van der Waals surface area contributed by atoms with Crippen LogP contribution in [-0.2, 0) is 6.54 Å². The molecule has 19 heavy (non-hydrogen) atoms. The summed E-state index contributed by atoms with van der Waals surface area (Å²) in [5.74, 6) is -0.436. The Hall–Kier alpha value is -2.14. The van der Waals surface area contributed by atoms with E-state index in [0.29, 0.717) is 5.76 Å². The van der Waals surface area contributed by atoms with Crippen molar-refractivity contribution in [1.29, 1.82) is 0 Å². The van der Waals surface area contributed by atoms with Gasteiger partial charge in [-0.2, -0.15) is 0 Å². The monoisotopic (exact) mass is 260 g/mol. The van der Waals surface area contributed by atoms with Crippen molar-refractivity contribution in [2.75, 3.05) is 7.05 Å². The molecule has 2 rings (SSSR count). The average Bonchev–Trinajstić information content (AvgIpc) is 2.88. The number of carbonyl (C=O) groups is 1. The van der Waals surface area contributed by atoms with Gasteiger partial charge in [-0.05, 0) is 37.7 Å². The minimum absolute atomic E-state index is 0.00620. The first-order valence-corrected chi connectivity index (χ1v) is 6.00. The van der Waals surface area contributed by atoms with Gasteiger partial charge in [-0.15, -0.1) is 0 Å². The van der Waals surface area contributed by atoms with Crippen LogP contribution < -0.4 is 0 Å². The minimum atomic E-state index is -1.05. The normalized spacial score (nSPS) is 12.6. The van der Waals surface area contributed by atoms with Gasteiger partial charge in [0.25, 0.3) is 0 Å². The van der Waals surface area contributed by atoms with Crippen LogP contribution in [0.3, 0.4) is 0 Å². The predicted octanol–water partition coefficient (Wildman–Crippen LogP) is 2.57. The molecule has 1 atom stereocenters. The number of carboxylic acids is 1. The summed E-state index contributed by atoms with van der Waals surface area (Å²) < 4.78 is 5.31. The molecule has 1 unspecified atom stereocenters. The molecule has 0 saturated carbocycles. The molecular weight excluding hydrogens is 244 g/mol. The van der Waals surface area contributed by atoms with E-state index in [1.165, 1.54) is 6.07 Å². The van der Waals surface area contributed by atoms with Crippen molar-refractivity contribution < 1.29 is 14.3 Å². The van der Waals surface area contributed by atoms with Crippen molar-refractivity contribution >= 4 is 5.97 Å². The molecule has 2 heterocycles. The number of hydrogen-bond acceptors (Lipinski definition) is 4. The number of hydrogen-bond donors (Lipinski definition) is 1. The Morgan fingerprint density at radius 1 is 1.47 bits per heavy atom. The molecule has 0 radical (unpaired) electrons. The Kier molecular flexibility index (Phi) is 3.97. The number of aromatic carboxylic acids is 1. The quantitative estimate of drug-likeness (QED) is 0.895. The second kappa shape index (κ2) is 5.67. The molecule has 0 aliphatic rings. The maximum Gasteiger partial charge on any atom is 0.371 e. The zero-order valence-electron chi connectivity index (χ0n) is 10.9. The van der Waals surface area contributed by atoms with Gasteiger partial charge in [0, 0.05) is 18.9 Å². The van der Waals surface area contributed by atoms with Crippen LogP contribution in [0.1, 0.15) is 34.8 Å². The Balaban J connectivity index is 2.06. The van der Waals surface area contributed by atoms with E-state index in [1.807, 2.05) is 32.3 Å². The van der Waals surface area contributed by atoms with Crippen molar-refractivity contribution in [3.63, 3.8) is 0 Å². The summed E-state index contributed by atoms with van der Waals surface area (Å²) in [7, 11) is 1.96. The highest BCUT2D eigenvalue weighted by atomic mass is 16.4. The maximum absolute atomic E-state index is 10.8. The fourth-order valence-electron chi connectivity index (χ4n) is 1.83. The van der Waals surface area contributed by atoms with Gasteiger partial charge in [0.2, 0.25) is 5.76 Å². The molecule has 0 amide bonds. The predicted molar refractivity (Wildman–Crippen MR) is 69.8 cm³/mol. The second-order valence-electron chi connectivity index (χ2n) is 4.46. The Morgan fingerprint density at radius 2 is 2.26 bits per heavy atom. The van der Waals surface area contributed by atoms with Crippen molar-refractivity contribution in [2.24, 2.45) is 0 Å². The number of nitrogens with zero attached hydrogens (tertiary/aromatic N) is 2. The molecule has 0 aromatic carbocycles. The summed E-state index contributed by atoms with van der Waals surface area (Å²) in [6.45, 7) is 2.69. The zero-order valence-corrected chi connectivity index (χ0v) is 10.9. The summed E-state index contributed by atoms with van der Waals surface area (Å²) in [5, 5.41) is 8.84. The van der Waals surface area contributed by atoms with Crippen LogP contribution in [0.15, 0.2) is 41.1 Å². The molecular formula is C14H16N2O3. The molecule has 0 saturated heterocycles. The van der Waals surface area contributed by atoms with E-state index in [1.54, 1.807) is 12.3 Å². The van der Waals surface area contributed by atoms with E-state index in [4.69, 9.17) is 9.52 Å². The molecule has 0 spiro atoms. The van der Waals surface area contributed by atoms with Crippen LogP contribution in [0, 0.1) is 0 Å². The van der Waals surface area contributed by atoms with Crippen LogP contribution in [0.5, 0.6) is 0 Å². The van der Waals surface area contributed by atoms with Crippen molar-refractivity contribution in [3.8, 4) is 0 Å². The van der Waals surface area contributed by atoms with E-state index in [2.05, 4.69) is 9.88 Å². The Bertz CT molecular complexity index is 551. The van der Waals surface area contributed by atoms with Gasteiger partial charge in [0.15, 0.2) is 0 Å². The maximum atomic E-state index is 10.8. The average molecular weight is 260 g/mol. The van der Waals surface area contributed by atoms with Crippen LogP contribution in [0.25, 0.3) is 0 Å². The zero-order chi connectivity index (χ0) is 13.8. The van der Waals surface area contributed by atoms with Crippen LogP contribution in [-0.4, -0.2) is 28.0 Å². The first kappa shape index (κ1) is 13.3. The molecule has 5 heteroatoms. The molecule has 100 valence electrons. The molecule has 2 aromatic heterocycles. The standard InChI is InChI=1S/C14H16N2O3/c1-10(12-5-6-13(19-12)14(17)18)16(2)9-11-4-3-7-15-8-11/h3-8,10H,9H2,1-2H3,(H,17,18). The molecule has 1 N–H and O–H groups in total. The molecule has 5 nitrogen and oxygen atoms in total. The third-order valence-electron chi connectivity index (χ3n) is 3.07. The second-order valence-corrected chi connectivity index (χ2v) is 4.46. The lowest BCUT2D eigenvalue weighted by Crippen LogP contribution is -2.21. The smallest absolute Gasteiger partial charge is 0.371 e. The largest absolute Gasteiger partial charge is 0.475 e. The van der Waals surface area contributed by atoms with Crippen LogP contribution in [0.2, 0.25) is 0 Å². The number of aromatic nitrogens is 1. The fraction of sp³-hybridized carbons (Fsp3) is 0.286. The van der Waals surface area contributed by atoms with Crippen molar-refractivity contribution in [3.05, 3.63) is 53.7 Å². The van der Waals surface area contributed by atoms with Gasteiger partial charge in [-0.25, -0.2) is 4.79 Å². The van der Waals surface area contributed by atoms with Crippen molar-refractivity contribution in [2.45, 2.75) is 19.5 Å². The first-order chi connectivity index (χ1) is 9.08. The SMILES string of the molecule is CC(c1ccc(C(=O)O)o1)N(C)Cc1cccnc1. The third kappa shape index (κ3) is 3.20. The van der Waals surface area contributed by atoms with Gasteiger partial charge in [-0.1, -0.05) is 6.07 Å². The van der Waals surface area contributed by atoms with E-state index >= 15 is 0 Å². The molecule has 0 fully saturated rings. The topological polar surface area (TPSA) is 66.6 Å². The van der Waals surface area contributed by atoms with Gasteiger partial charge in [-0.3, -0.25) is 9.88 Å². The Labute approximate surface area is 111 Å². The first-order valence-electron chi connectivity index (χ1n) is 6.00. The molecule has 2 aromatic rings. The highest BCUT2D eigenvalue weighted by molar-refractivity contribution is 5.84. The van der Waals surface area contributed by atoms with Gasteiger partial charge < -0.3 is 9.52 Å². The van der Waals surface area contributed by atoms with Crippen molar-refractivity contribution in [1.82, 2.24) is 9.88 Å². The fourth-order valence-corrected chi connectivity index (χ4v) is 1.83. The number of pyridine rings is 1. The van der Waals surface area contributed by atoms with Gasteiger partial charge in [0.1, 0.15) is 5.76 Å². The van der Waals surface area contributed by atoms with Gasteiger partial charge in [0.05, 0.1) is 6.04 Å². The lowest BCUT2D eigenvalue weighted by Gasteiger charge is -2.22. The van der Waals surface area contributed by atoms with E-state index in [9.17, 15) is 4.79 Å². The summed E-state index contributed by atoms with van der Waals surface area (Å²) in [6.07, 6.45) is 3.55.